The number of carbonyl (C=O) groups is 1. The van der Waals surface area contributed by atoms with Gasteiger partial charge in [0.15, 0.2) is 0 Å². The molecule has 5 heteroatoms. The maximum absolute atomic E-state index is 12.8. The van der Waals surface area contributed by atoms with Crippen LogP contribution in [0.3, 0.4) is 0 Å². The largest absolute Gasteiger partial charge is 0.396 e. The molecular weight excluding hydrogens is 199 g/mol. The molecule has 1 rings (SSSR count). The SMILES string of the molecule is C[C@@H](CO)NC(=O)c1ccc(F)c(N)c1. The third-order valence-corrected chi connectivity index (χ3v) is 1.91. The van der Waals surface area contributed by atoms with Crippen molar-refractivity contribution in [3.63, 3.8) is 0 Å². The lowest BCUT2D eigenvalue weighted by atomic mass is 10.1. The lowest BCUT2D eigenvalue weighted by molar-refractivity contribution is 0.0922. The topological polar surface area (TPSA) is 75.3 Å². The summed E-state index contributed by atoms with van der Waals surface area (Å²) in [7, 11) is 0. The van der Waals surface area contributed by atoms with Crippen molar-refractivity contribution in [3.05, 3.63) is 29.6 Å². The van der Waals surface area contributed by atoms with Crippen LogP contribution >= 0.6 is 0 Å². The molecule has 15 heavy (non-hydrogen) atoms. The summed E-state index contributed by atoms with van der Waals surface area (Å²) in [6.07, 6.45) is 0. The number of benzene rings is 1. The minimum absolute atomic E-state index is 0.0701. The van der Waals surface area contributed by atoms with Gasteiger partial charge in [-0.25, -0.2) is 4.39 Å². The van der Waals surface area contributed by atoms with Crippen LogP contribution in [0.1, 0.15) is 17.3 Å². The predicted molar refractivity (Wildman–Crippen MR) is 54.8 cm³/mol. The first kappa shape index (κ1) is 11.5. The Kier molecular flexibility index (Phi) is 3.62. The van der Waals surface area contributed by atoms with E-state index < -0.39 is 5.82 Å². The van der Waals surface area contributed by atoms with E-state index >= 15 is 0 Å². The third kappa shape index (κ3) is 2.92. The third-order valence-electron chi connectivity index (χ3n) is 1.91. The summed E-state index contributed by atoms with van der Waals surface area (Å²) in [6.45, 7) is 1.51. The van der Waals surface area contributed by atoms with E-state index in [0.29, 0.717) is 0 Å². The highest BCUT2D eigenvalue weighted by atomic mass is 19.1. The van der Waals surface area contributed by atoms with Crippen LogP contribution in [0.4, 0.5) is 10.1 Å². The Labute approximate surface area is 86.9 Å². The molecule has 1 amide bonds. The fourth-order valence-electron chi connectivity index (χ4n) is 1.04. The van der Waals surface area contributed by atoms with Crippen molar-refractivity contribution in [2.45, 2.75) is 13.0 Å². The second kappa shape index (κ2) is 4.75. The van der Waals surface area contributed by atoms with Gasteiger partial charge in [-0.2, -0.15) is 0 Å². The molecule has 0 aliphatic carbocycles. The summed E-state index contributed by atoms with van der Waals surface area (Å²) in [5, 5.41) is 11.3. The van der Waals surface area contributed by atoms with Gasteiger partial charge in [-0.1, -0.05) is 0 Å². The highest BCUT2D eigenvalue weighted by molar-refractivity contribution is 5.95. The minimum Gasteiger partial charge on any atom is -0.396 e. The predicted octanol–water partition coefficient (Wildman–Crippen LogP) is 0.519. The van der Waals surface area contributed by atoms with Crippen LogP contribution in [0.5, 0.6) is 0 Å². The van der Waals surface area contributed by atoms with Gasteiger partial charge < -0.3 is 16.2 Å². The summed E-state index contributed by atoms with van der Waals surface area (Å²) in [5.41, 5.74) is 5.52. The summed E-state index contributed by atoms with van der Waals surface area (Å²) in [5.74, 6) is -0.940. The van der Waals surface area contributed by atoms with Crippen molar-refractivity contribution >= 4 is 11.6 Å². The summed E-state index contributed by atoms with van der Waals surface area (Å²) < 4.78 is 12.8. The Bertz CT molecular complexity index is 368. The molecule has 0 aromatic heterocycles. The van der Waals surface area contributed by atoms with E-state index in [1.807, 2.05) is 0 Å². The Morgan fingerprint density at radius 1 is 1.67 bits per heavy atom. The van der Waals surface area contributed by atoms with Gasteiger partial charge in [-0.15, -0.1) is 0 Å². The van der Waals surface area contributed by atoms with Crippen molar-refractivity contribution in [3.8, 4) is 0 Å². The Morgan fingerprint density at radius 2 is 2.33 bits per heavy atom. The van der Waals surface area contributed by atoms with Gasteiger partial charge in [0, 0.05) is 11.6 Å². The molecule has 1 aromatic rings. The molecule has 0 saturated carbocycles. The van der Waals surface area contributed by atoms with Gasteiger partial charge >= 0.3 is 0 Å². The molecule has 0 aliphatic heterocycles. The van der Waals surface area contributed by atoms with Crippen LogP contribution in [-0.2, 0) is 0 Å². The van der Waals surface area contributed by atoms with E-state index in [-0.39, 0.29) is 29.8 Å². The number of aliphatic hydroxyl groups is 1. The maximum atomic E-state index is 12.8. The molecule has 82 valence electrons. The van der Waals surface area contributed by atoms with Gasteiger partial charge in [-0.3, -0.25) is 4.79 Å². The highest BCUT2D eigenvalue weighted by Crippen LogP contribution is 2.12. The summed E-state index contributed by atoms with van der Waals surface area (Å²) in [4.78, 5) is 11.5. The quantitative estimate of drug-likeness (QED) is 0.639. The van der Waals surface area contributed by atoms with Crippen LogP contribution in [0.15, 0.2) is 18.2 Å². The molecule has 0 heterocycles. The fraction of sp³-hybridized carbons (Fsp3) is 0.300. The normalized spacial score (nSPS) is 12.2. The molecule has 4 N–H and O–H groups in total. The first-order valence-corrected chi connectivity index (χ1v) is 4.51. The van der Waals surface area contributed by atoms with E-state index in [1.54, 1.807) is 6.92 Å². The molecule has 0 radical (unpaired) electrons. The number of aliphatic hydroxyl groups excluding tert-OH is 1. The van der Waals surface area contributed by atoms with E-state index in [0.717, 1.165) is 6.07 Å². The maximum Gasteiger partial charge on any atom is 0.251 e. The van der Waals surface area contributed by atoms with Crippen molar-refractivity contribution in [2.24, 2.45) is 0 Å². The number of nitrogens with two attached hydrogens (primary N) is 1. The van der Waals surface area contributed by atoms with Gasteiger partial charge in [0.1, 0.15) is 5.82 Å². The monoisotopic (exact) mass is 212 g/mol. The Hall–Kier alpha value is -1.62. The van der Waals surface area contributed by atoms with Crippen LogP contribution in [0, 0.1) is 5.82 Å². The van der Waals surface area contributed by atoms with E-state index in [4.69, 9.17) is 10.8 Å². The number of hydrogen-bond donors (Lipinski definition) is 3. The first-order valence-electron chi connectivity index (χ1n) is 4.51. The van der Waals surface area contributed by atoms with Gasteiger partial charge in [0.2, 0.25) is 0 Å². The number of nitrogen functional groups attached to an aromatic ring is 1. The summed E-state index contributed by atoms with van der Waals surface area (Å²) >= 11 is 0. The molecule has 0 saturated heterocycles. The fourth-order valence-corrected chi connectivity index (χ4v) is 1.04. The summed E-state index contributed by atoms with van der Waals surface area (Å²) in [6, 6.07) is 3.39. The zero-order valence-electron chi connectivity index (χ0n) is 8.33. The van der Waals surface area contributed by atoms with E-state index in [1.165, 1.54) is 12.1 Å². The standard InChI is InChI=1S/C10H13FN2O2/c1-6(5-14)13-10(15)7-2-3-8(11)9(12)4-7/h2-4,6,14H,5,12H2,1H3,(H,13,15)/t6-/m0/s1. The average molecular weight is 212 g/mol. The molecule has 1 atom stereocenters. The van der Waals surface area contributed by atoms with E-state index in [9.17, 15) is 9.18 Å². The molecule has 1 aromatic carbocycles. The van der Waals surface area contributed by atoms with Crippen LogP contribution in [-0.4, -0.2) is 23.7 Å². The lowest BCUT2D eigenvalue weighted by Crippen LogP contribution is -2.35. The van der Waals surface area contributed by atoms with Crippen molar-refractivity contribution < 1.29 is 14.3 Å². The zero-order valence-corrected chi connectivity index (χ0v) is 8.33. The van der Waals surface area contributed by atoms with Crippen LogP contribution in [0.2, 0.25) is 0 Å². The van der Waals surface area contributed by atoms with Crippen LogP contribution in [0.25, 0.3) is 0 Å². The van der Waals surface area contributed by atoms with Crippen LogP contribution < -0.4 is 11.1 Å². The molecule has 0 spiro atoms. The van der Waals surface area contributed by atoms with Crippen molar-refractivity contribution in [1.82, 2.24) is 5.32 Å². The number of amides is 1. The zero-order chi connectivity index (χ0) is 11.4. The first-order chi connectivity index (χ1) is 7.04. The number of anilines is 1. The average Bonchev–Trinajstić information content (AvgIpc) is 2.21. The van der Waals surface area contributed by atoms with Gasteiger partial charge in [-0.05, 0) is 25.1 Å². The second-order valence-electron chi connectivity index (χ2n) is 3.29. The van der Waals surface area contributed by atoms with Gasteiger partial charge in [0.25, 0.3) is 5.91 Å². The van der Waals surface area contributed by atoms with Gasteiger partial charge in [0.05, 0.1) is 12.3 Å². The molecule has 0 bridgehead atoms. The minimum atomic E-state index is -0.554. The smallest absolute Gasteiger partial charge is 0.251 e. The Balaban J connectivity index is 2.78. The van der Waals surface area contributed by atoms with Crippen molar-refractivity contribution in [1.29, 1.82) is 0 Å². The Morgan fingerprint density at radius 3 is 2.87 bits per heavy atom. The van der Waals surface area contributed by atoms with E-state index in [2.05, 4.69) is 5.32 Å². The highest BCUT2D eigenvalue weighted by Gasteiger charge is 2.10. The number of nitrogens with one attached hydrogen (secondary N) is 1. The number of halogens is 1. The molecular formula is C10H13FN2O2. The molecule has 4 nitrogen and oxygen atoms in total. The van der Waals surface area contributed by atoms with Crippen molar-refractivity contribution in [2.75, 3.05) is 12.3 Å². The molecule has 0 fully saturated rings. The lowest BCUT2D eigenvalue weighted by Gasteiger charge is -2.10. The second-order valence-corrected chi connectivity index (χ2v) is 3.29. The number of hydrogen-bond acceptors (Lipinski definition) is 3. The molecule has 0 unspecified atom stereocenters. The number of carbonyl (C=O) groups excluding carboxylic acids is 1. The number of rotatable bonds is 3. The molecule has 0 aliphatic rings.